The van der Waals surface area contributed by atoms with Gasteiger partial charge in [0.1, 0.15) is 5.75 Å². The molecule has 0 fully saturated rings. The molecule has 4 rings (SSSR count). The molecule has 3 aromatic carbocycles. The minimum atomic E-state index is -0.295. The summed E-state index contributed by atoms with van der Waals surface area (Å²) in [6.45, 7) is 2.27. The van der Waals surface area contributed by atoms with Crippen LogP contribution in [0.15, 0.2) is 84.0 Å². The fourth-order valence-corrected chi connectivity index (χ4v) is 3.14. The average Bonchev–Trinajstić information content (AvgIpc) is 3.31. The summed E-state index contributed by atoms with van der Waals surface area (Å²) < 4.78 is 5.34. The third-order valence-corrected chi connectivity index (χ3v) is 4.85. The third kappa shape index (κ3) is 4.86. The highest BCUT2D eigenvalue weighted by Gasteiger charge is 2.09. The number of hydrogen-bond acceptors (Lipinski definition) is 6. The molecule has 1 aromatic heterocycles. The van der Waals surface area contributed by atoms with Crippen LogP contribution in [-0.4, -0.2) is 38.9 Å². The molecule has 8 nitrogen and oxygen atoms in total. The van der Waals surface area contributed by atoms with E-state index in [1.807, 2.05) is 73.7 Å². The van der Waals surface area contributed by atoms with Gasteiger partial charge in [-0.15, -0.1) is 10.2 Å². The van der Waals surface area contributed by atoms with Gasteiger partial charge in [0.15, 0.2) is 0 Å². The standard InChI is InChI=1S/C24H22N6O2/c1-17(21-10-6-7-11-22(21)32-2)25-27-24(31)20-14-12-18(13-15-20)16-30-28-23(26-29-30)19-8-4-3-5-9-19/h3-15H,16H2,1-2H3,(H,27,31)/b25-17+. The van der Waals surface area contributed by atoms with Crippen LogP contribution in [-0.2, 0) is 6.54 Å². The summed E-state index contributed by atoms with van der Waals surface area (Å²) in [5, 5.41) is 16.8. The lowest BCUT2D eigenvalue weighted by molar-refractivity contribution is 0.0955. The smallest absolute Gasteiger partial charge is 0.271 e. The Bertz CT molecular complexity index is 1230. The molecule has 0 radical (unpaired) electrons. The summed E-state index contributed by atoms with van der Waals surface area (Å²) in [7, 11) is 1.60. The van der Waals surface area contributed by atoms with E-state index < -0.39 is 0 Å². The number of nitrogens with one attached hydrogen (secondary N) is 1. The molecule has 32 heavy (non-hydrogen) atoms. The summed E-state index contributed by atoms with van der Waals surface area (Å²) in [5.74, 6) is 0.977. The minimum absolute atomic E-state index is 0.295. The van der Waals surface area contributed by atoms with Gasteiger partial charge in [-0.2, -0.15) is 9.90 Å². The van der Waals surface area contributed by atoms with Crippen molar-refractivity contribution in [1.29, 1.82) is 0 Å². The van der Waals surface area contributed by atoms with Crippen LogP contribution in [0.4, 0.5) is 0 Å². The number of tetrazole rings is 1. The average molecular weight is 426 g/mol. The predicted molar refractivity (Wildman–Crippen MR) is 121 cm³/mol. The molecule has 4 aromatic rings. The molecule has 0 aliphatic heterocycles. The number of hydrazone groups is 1. The maximum atomic E-state index is 12.5. The first-order valence-electron chi connectivity index (χ1n) is 10.0. The van der Waals surface area contributed by atoms with Crippen molar-refractivity contribution in [2.24, 2.45) is 5.10 Å². The molecule has 0 bridgehead atoms. The number of para-hydroxylation sites is 1. The van der Waals surface area contributed by atoms with Gasteiger partial charge >= 0.3 is 0 Å². The predicted octanol–water partition coefficient (Wildman–Crippen LogP) is 3.55. The zero-order chi connectivity index (χ0) is 22.3. The normalized spacial score (nSPS) is 11.2. The molecule has 0 spiro atoms. The molecule has 0 unspecified atom stereocenters. The lowest BCUT2D eigenvalue weighted by atomic mass is 10.1. The SMILES string of the molecule is COc1ccccc1/C(C)=N/NC(=O)c1ccc(Cn2nnc(-c3ccccc3)n2)cc1. The number of benzene rings is 3. The van der Waals surface area contributed by atoms with Gasteiger partial charge < -0.3 is 4.74 Å². The van der Waals surface area contributed by atoms with Crippen LogP contribution in [0.1, 0.15) is 28.4 Å². The van der Waals surface area contributed by atoms with E-state index in [2.05, 4.69) is 25.9 Å². The summed E-state index contributed by atoms with van der Waals surface area (Å²) in [4.78, 5) is 14.0. The van der Waals surface area contributed by atoms with Gasteiger partial charge in [-0.3, -0.25) is 4.79 Å². The van der Waals surface area contributed by atoms with E-state index in [1.54, 1.807) is 19.2 Å². The van der Waals surface area contributed by atoms with Crippen molar-refractivity contribution in [2.75, 3.05) is 7.11 Å². The van der Waals surface area contributed by atoms with Crippen molar-refractivity contribution >= 4 is 11.6 Å². The monoisotopic (exact) mass is 426 g/mol. The van der Waals surface area contributed by atoms with E-state index in [0.29, 0.717) is 29.4 Å². The third-order valence-electron chi connectivity index (χ3n) is 4.85. The Morgan fingerprint density at radius 2 is 1.72 bits per heavy atom. The van der Waals surface area contributed by atoms with Crippen LogP contribution >= 0.6 is 0 Å². The van der Waals surface area contributed by atoms with Gasteiger partial charge in [0.05, 0.1) is 19.4 Å². The van der Waals surface area contributed by atoms with Crippen molar-refractivity contribution in [1.82, 2.24) is 25.6 Å². The molecule has 1 amide bonds. The fourth-order valence-electron chi connectivity index (χ4n) is 3.14. The van der Waals surface area contributed by atoms with Crippen LogP contribution in [0.5, 0.6) is 5.75 Å². The first kappa shape index (κ1) is 20.9. The van der Waals surface area contributed by atoms with E-state index in [1.165, 1.54) is 4.80 Å². The molecule has 0 saturated carbocycles. The van der Waals surface area contributed by atoms with Gasteiger partial charge in [-0.1, -0.05) is 54.6 Å². The van der Waals surface area contributed by atoms with Gasteiger partial charge in [0.25, 0.3) is 5.91 Å². The highest BCUT2D eigenvalue weighted by Crippen LogP contribution is 2.18. The fraction of sp³-hybridized carbons (Fsp3) is 0.125. The summed E-state index contributed by atoms with van der Waals surface area (Å²) in [6.07, 6.45) is 0. The number of amides is 1. The Labute approximate surface area is 185 Å². The van der Waals surface area contributed by atoms with Gasteiger partial charge in [-0.25, -0.2) is 5.43 Å². The number of hydrogen-bond donors (Lipinski definition) is 1. The van der Waals surface area contributed by atoms with E-state index in [0.717, 1.165) is 16.7 Å². The first-order valence-corrected chi connectivity index (χ1v) is 10.0. The number of carbonyl (C=O) groups is 1. The van der Waals surface area contributed by atoms with Crippen LogP contribution in [0, 0.1) is 0 Å². The zero-order valence-corrected chi connectivity index (χ0v) is 17.8. The Morgan fingerprint density at radius 3 is 2.47 bits per heavy atom. The van der Waals surface area contributed by atoms with Crippen molar-refractivity contribution in [2.45, 2.75) is 13.5 Å². The van der Waals surface area contributed by atoms with Crippen molar-refractivity contribution < 1.29 is 9.53 Å². The Kier molecular flexibility index (Phi) is 6.31. The van der Waals surface area contributed by atoms with Gasteiger partial charge in [0.2, 0.25) is 5.82 Å². The largest absolute Gasteiger partial charge is 0.496 e. The maximum absolute atomic E-state index is 12.5. The number of ether oxygens (including phenoxy) is 1. The maximum Gasteiger partial charge on any atom is 0.271 e. The second-order valence-corrected chi connectivity index (χ2v) is 7.04. The molecular formula is C24H22N6O2. The lowest BCUT2D eigenvalue weighted by Gasteiger charge is -2.08. The van der Waals surface area contributed by atoms with Gasteiger partial charge in [0, 0.05) is 16.7 Å². The first-order chi connectivity index (χ1) is 15.6. The molecule has 0 saturated heterocycles. The second kappa shape index (κ2) is 9.65. The number of methoxy groups -OCH3 is 1. The van der Waals surface area contributed by atoms with Crippen LogP contribution in [0.3, 0.4) is 0 Å². The van der Waals surface area contributed by atoms with Crippen LogP contribution in [0.25, 0.3) is 11.4 Å². The van der Waals surface area contributed by atoms with E-state index >= 15 is 0 Å². The van der Waals surface area contributed by atoms with Crippen molar-refractivity contribution in [3.8, 4) is 17.1 Å². The quantitative estimate of drug-likeness (QED) is 0.360. The lowest BCUT2D eigenvalue weighted by Crippen LogP contribution is -2.19. The van der Waals surface area contributed by atoms with Crippen LogP contribution in [0.2, 0.25) is 0 Å². The number of aromatic nitrogens is 4. The van der Waals surface area contributed by atoms with Crippen LogP contribution < -0.4 is 10.2 Å². The molecule has 0 aliphatic rings. The number of carbonyl (C=O) groups excluding carboxylic acids is 1. The van der Waals surface area contributed by atoms with Crippen molar-refractivity contribution in [3.63, 3.8) is 0 Å². The zero-order valence-electron chi connectivity index (χ0n) is 17.8. The molecule has 8 heteroatoms. The summed E-state index contributed by atoms with van der Waals surface area (Å²) in [5.41, 5.74) is 6.43. The second-order valence-electron chi connectivity index (χ2n) is 7.04. The van der Waals surface area contributed by atoms with Gasteiger partial charge in [-0.05, 0) is 42.0 Å². The topological polar surface area (TPSA) is 94.3 Å². The Hall–Kier alpha value is -4.33. The van der Waals surface area contributed by atoms with E-state index in [-0.39, 0.29) is 5.91 Å². The molecule has 160 valence electrons. The highest BCUT2D eigenvalue weighted by atomic mass is 16.5. The molecule has 1 heterocycles. The number of nitrogens with zero attached hydrogens (tertiary/aromatic N) is 5. The molecular weight excluding hydrogens is 404 g/mol. The van der Waals surface area contributed by atoms with Crippen molar-refractivity contribution in [3.05, 3.63) is 95.6 Å². The Balaban J connectivity index is 1.39. The van der Waals surface area contributed by atoms with E-state index in [9.17, 15) is 4.79 Å². The number of rotatable bonds is 7. The molecule has 1 N–H and O–H groups in total. The highest BCUT2D eigenvalue weighted by molar-refractivity contribution is 6.02. The molecule has 0 aliphatic carbocycles. The Morgan fingerprint density at radius 1 is 1.00 bits per heavy atom. The van der Waals surface area contributed by atoms with E-state index in [4.69, 9.17) is 4.74 Å². The molecule has 0 atom stereocenters. The summed E-state index contributed by atoms with van der Waals surface area (Å²) >= 11 is 0. The minimum Gasteiger partial charge on any atom is -0.496 e. The summed E-state index contributed by atoms with van der Waals surface area (Å²) in [6, 6.07) is 24.4.